The average Bonchev–Trinajstić information content (AvgIpc) is 2.76. The second-order valence-electron chi connectivity index (χ2n) is 5.71. The molecule has 1 unspecified atom stereocenters. The van der Waals surface area contributed by atoms with Gasteiger partial charge in [0.1, 0.15) is 5.76 Å². The topological polar surface area (TPSA) is 35.2 Å². The van der Waals surface area contributed by atoms with E-state index in [2.05, 4.69) is 31.4 Å². The van der Waals surface area contributed by atoms with Gasteiger partial charge in [0.2, 0.25) is 0 Å². The van der Waals surface area contributed by atoms with Crippen LogP contribution in [-0.2, 0) is 4.74 Å². The summed E-state index contributed by atoms with van der Waals surface area (Å²) in [6.45, 7) is 12.1. The molecule has 1 aliphatic heterocycles. The fraction of sp³-hybridized carbons (Fsp3) is 0.222. The van der Waals surface area contributed by atoms with Gasteiger partial charge in [-0.15, -0.1) is 0 Å². The van der Waals surface area contributed by atoms with E-state index in [1.54, 1.807) is 0 Å². The van der Waals surface area contributed by atoms with E-state index in [9.17, 15) is 0 Å². The summed E-state index contributed by atoms with van der Waals surface area (Å²) in [7, 11) is 0. The molecule has 0 saturated heterocycles. The fourth-order valence-corrected chi connectivity index (χ4v) is 3.18. The number of hydrogen-bond donors (Lipinski definition) is 1. The lowest BCUT2D eigenvalue weighted by Gasteiger charge is -2.36. The maximum Gasteiger partial charge on any atom is 0.127 e. The Bertz CT molecular complexity index is 682. The van der Waals surface area contributed by atoms with Crippen LogP contribution >= 0.6 is 0 Å². The molecule has 2 heteroatoms. The molecule has 0 aromatic heterocycles. The number of ether oxygens (including phenoxy) is 1. The zero-order chi connectivity index (χ0) is 14.5. The second kappa shape index (κ2) is 4.14. The van der Waals surface area contributed by atoms with Gasteiger partial charge < -0.3 is 10.5 Å². The third kappa shape index (κ3) is 1.51. The molecular weight excluding hydrogens is 246 g/mol. The zero-order valence-electron chi connectivity index (χ0n) is 12.0. The molecule has 0 fully saturated rings. The number of allylic oxidation sites excluding steroid dienone is 7. The molecule has 2 aliphatic carbocycles. The second-order valence-corrected chi connectivity index (χ2v) is 5.71. The SMILES string of the molecule is C=C(C)C1=C(N)C(C(=C)C)=C2OC=C3C=CC=CC32C1. The van der Waals surface area contributed by atoms with Crippen LogP contribution in [0.1, 0.15) is 20.3 Å². The summed E-state index contributed by atoms with van der Waals surface area (Å²) in [5.74, 6) is 0.906. The summed E-state index contributed by atoms with van der Waals surface area (Å²) >= 11 is 0. The average molecular weight is 265 g/mol. The monoisotopic (exact) mass is 265 g/mol. The molecule has 0 radical (unpaired) electrons. The van der Waals surface area contributed by atoms with Gasteiger partial charge in [0, 0.05) is 16.8 Å². The van der Waals surface area contributed by atoms with Gasteiger partial charge in [0.05, 0.1) is 11.7 Å². The molecule has 0 bridgehead atoms. The Morgan fingerprint density at radius 1 is 1.25 bits per heavy atom. The molecule has 3 aliphatic rings. The van der Waals surface area contributed by atoms with Gasteiger partial charge in [-0.05, 0) is 31.4 Å². The van der Waals surface area contributed by atoms with E-state index in [1.807, 2.05) is 26.2 Å². The molecule has 1 atom stereocenters. The molecule has 0 amide bonds. The lowest BCUT2D eigenvalue weighted by Crippen LogP contribution is -2.30. The highest BCUT2D eigenvalue weighted by atomic mass is 16.5. The van der Waals surface area contributed by atoms with Crippen LogP contribution in [-0.4, -0.2) is 0 Å². The predicted octanol–water partition coefficient (Wildman–Crippen LogP) is 4.04. The summed E-state index contributed by atoms with van der Waals surface area (Å²) in [6, 6.07) is 0. The van der Waals surface area contributed by atoms with Gasteiger partial charge in [-0.1, -0.05) is 43.0 Å². The van der Waals surface area contributed by atoms with Crippen LogP contribution in [0.5, 0.6) is 0 Å². The van der Waals surface area contributed by atoms with E-state index in [0.29, 0.717) is 0 Å². The van der Waals surface area contributed by atoms with Crippen molar-refractivity contribution in [2.75, 3.05) is 0 Å². The number of rotatable bonds is 2. The lowest BCUT2D eigenvalue weighted by atomic mass is 9.66. The van der Waals surface area contributed by atoms with Crippen molar-refractivity contribution in [1.82, 2.24) is 0 Å². The molecule has 0 aromatic carbocycles. The largest absolute Gasteiger partial charge is 0.467 e. The smallest absolute Gasteiger partial charge is 0.127 e. The lowest BCUT2D eigenvalue weighted by molar-refractivity contribution is 0.302. The van der Waals surface area contributed by atoms with Crippen molar-refractivity contribution in [2.24, 2.45) is 11.1 Å². The van der Waals surface area contributed by atoms with Gasteiger partial charge in [0.15, 0.2) is 0 Å². The Kier molecular flexibility index (Phi) is 2.65. The van der Waals surface area contributed by atoms with E-state index >= 15 is 0 Å². The van der Waals surface area contributed by atoms with Crippen LogP contribution in [0.2, 0.25) is 0 Å². The molecule has 1 heterocycles. The third-order valence-electron chi connectivity index (χ3n) is 4.21. The molecule has 2 nitrogen and oxygen atoms in total. The highest BCUT2D eigenvalue weighted by molar-refractivity contribution is 5.63. The molecule has 1 spiro atoms. The highest BCUT2D eigenvalue weighted by Gasteiger charge is 2.47. The summed E-state index contributed by atoms with van der Waals surface area (Å²) in [5.41, 5.74) is 12.0. The van der Waals surface area contributed by atoms with Crippen LogP contribution in [0.25, 0.3) is 0 Å². The quantitative estimate of drug-likeness (QED) is 0.818. The standard InChI is InChI=1S/C18H19NO/c1-11(2)14-9-18-8-6-5-7-13(18)10-20-17(18)15(12(3)4)16(14)19/h5-8,10H,1,3,9,19H2,2,4H3. The van der Waals surface area contributed by atoms with Crippen LogP contribution < -0.4 is 5.73 Å². The fourth-order valence-electron chi connectivity index (χ4n) is 3.18. The predicted molar refractivity (Wildman–Crippen MR) is 82.4 cm³/mol. The Morgan fingerprint density at radius 2 is 2.00 bits per heavy atom. The van der Waals surface area contributed by atoms with Gasteiger partial charge in [-0.25, -0.2) is 0 Å². The van der Waals surface area contributed by atoms with Crippen molar-refractivity contribution in [3.63, 3.8) is 0 Å². The van der Waals surface area contributed by atoms with Gasteiger partial charge in [0.25, 0.3) is 0 Å². The zero-order valence-corrected chi connectivity index (χ0v) is 12.0. The van der Waals surface area contributed by atoms with Gasteiger partial charge >= 0.3 is 0 Å². The van der Waals surface area contributed by atoms with Crippen molar-refractivity contribution < 1.29 is 4.74 Å². The molecule has 3 rings (SSSR count). The first kappa shape index (κ1) is 12.8. The number of nitrogens with two attached hydrogens (primary N) is 1. The normalized spacial score (nSPS) is 27.0. The summed E-state index contributed by atoms with van der Waals surface area (Å²) < 4.78 is 5.88. The molecule has 20 heavy (non-hydrogen) atoms. The van der Waals surface area contributed by atoms with E-state index in [0.717, 1.165) is 40.2 Å². The highest BCUT2D eigenvalue weighted by Crippen LogP contribution is 2.55. The minimum Gasteiger partial charge on any atom is -0.467 e. The summed E-state index contributed by atoms with van der Waals surface area (Å²) in [4.78, 5) is 0. The van der Waals surface area contributed by atoms with E-state index in [4.69, 9.17) is 10.5 Å². The molecule has 0 saturated carbocycles. The minimum atomic E-state index is -0.236. The Morgan fingerprint density at radius 3 is 2.65 bits per heavy atom. The molecule has 0 aromatic rings. The maximum atomic E-state index is 6.35. The van der Waals surface area contributed by atoms with Crippen LogP contribution in [0.4, 0.5) is 0 Å². The Labute approximate surface area is 120 Å². The van der Waals surface area contributed by atoms with E-state index in [1.165, 1.54) is 5.57 Å². The maximum absolute atomic E-state index is 6.35. The van der Waals surface area contributed by atoms with Crippen molar-refractivity contribution in [3.05, 3.63) is 83.0 Å². The third-order valence-corrected chi connectivity index (χ3v) is 4.21. The number of hydrogen-bond acceptors (Lipinski definition) is 2. The first-order chi connectivity index (χ1) is 9.47. The molecule has 102 valence electrons. The van der Waals surface area contributed by atoms with E-state index < -0.39 is 0 Å². The van der Waals surface area contributed by atoms with Crippen molar-refractivity contribution in [3.8, 4) is 0 Å². The van der Waals surface area contributed by atoms with Crippen LogP contribution in [0.15, 0.2) is 83.0 Å². The molecule has 2 N–H and O–H groups in total. The minimum absolute atomic E-state index is 0.236. The van der Waals surface area contributed by atoms with Crippen molar-refractivity contribution in [1.29, 1.82) is 0 Å². The first-order valence-corrected chi connectivity index (χ1v) is 6.76. The van der Waals surface area contributed by atoms with Crippen LogP contribution in [0, 0.1) is 5.41 Å². The van der Waals surface area contributed by atoms with Crippen LogP contribution in [0.3, 0.4) is 0 Å². The van der Waals surface area contributed by atoms with E-state index in [-0.39, 0.29) is 5.41 Å². The first-order valence-electron chi connectivity index (χ1n) is 6.76. The van der Waals surface area contributed by atoms with Crippen molar-refractivity contribution in [2.45, 2.75) is 20.3 Å². The van der Waals surface area contributed by atoms with Crippen molar-refractivity contribution >= 4 is 0 Å². The van der Waals surface area contributed by atoms with Gasteiger partial charge in [-0.2, -0.15) is 0 Å². The van der Waals surface area contributed by atoms with Gasteiger partial charge in [-0.3, -0.25) is 0 Å². The summed E-state index contributed by atoms with van der Waals surface area (Å²) in [5, 5.41) is 0. The molecular formula is C18H19NO. The summed E-state index contributed by atoms with van der Waals surface area (Å²) in [6.07, 6.45) is 11.0. The Balaban J connectivity index is 2.28. The Hall–Kier alpha value is -2.22.